The molecule has 0 unspecified atom stereocenters. The molecule has 0 radical (unpaired) electrons. The number of rotatable bonds is 7. The molecule has 5 nitrogen and oxygen atoms in total. The van der Waals surface area contributed by atoms with Crippen LogP contribution in [0.2, 0.25) is 0 Å². The molecule has 5 heteroatoms. The summed E-state index contributed by atoms with van der Waals surface area (Å²) in [6, 6.07) is 8.61. The molecule has 2 rings (SSSR count). The molecule has 2 N–H and O–H groups in total. The monoisotopic (exact) mass is 313 g/mol. The lowest BCUT2D eigenvalue weighted by Gasteiger charge is -2.11. The number of benzene rings is 1. The summed E-state index contributed by atoms with van der Waals surface area (Å²) in [5, 5.41) is 10.8. The maximum atomic E-state index is 4.65. The minimum absolute atomic E-state index is 0.778. The number of nitrogens with zero attached hydrogens (tertiary/aromatic N) is 3. The highest BCUT2D eigenvalue weighted by atomic mass is 15.3. The molecule has 0 aliphatic rings. The highest BCUT2D eigenvalue weighted by Crippen LogP contribution is 2.09. The van der Waals surface area contributed by atoms with Crippen LogP contribution in [0.4, 0.5) is 0 Å². The fraction of sp³-hybridized carbons (Fsp3) is 0.444. The smallest absolute Gasteiger partial charge is 0.191 e. The van der Waals surface area contributed by atoms with Gasteiger partial charge in [-0.25, -0.2) is 0 Å². The van der Waals surface area contributed by atoms with Crippen LogP contribution in [0, 0.1) is 13.8 Å². The zero-order chi connectivity index (χ0) is 16.5. The van der Waals surface area contributed by atoms with Crippen molar-refractivity contribution in [1.29, 1.82) is 0 Å². The van der Waals surface area contributed by atoms with Crippen LogP contribution >= 0.6 is 0 Å². The molecule has 0 aliphatic heterocycles. The zero-order valence-electron chi connectivity index (χ0n) is 14.3. The maximum Gasteiger partial charge on any atom is 0.191 e. The first-order chi connectivity index (χ1) is 11.2. The molecule has 2 aromatic rings. The van der Waals surface area contributed by atoms with E-state index in [0.717, 1.165) is 38.6 Å². The third kappa shape index (κ3) is 6.14. The van der Waals surface area contributed by atoms with Crippen LogP contribution in [0.5, 0.6) is 0 Å². The van der Waals surface area contributed by atoms with E-state index in [1.807, 2.05) is 16.9 Å². The summed E-state index contributed by atoms with van der Waals surface area (Å²) in [5.41, 5.74) is 3.97. The van der Waals surface area contributed by atoms with Crippen molar-refractivity contribution in [3.63, 3.8) is 0 Å². The van der Waals surface area contributed by atoms with Crippen LogP contribution < -0.4 is 10.6 Å². The van der Waals surface area contributed by atoms with Gasteiger partial charge in [0.1, 0.15) is 0 Å². The van der Waals surface area contributed by atoms with E-state index >= 15 is 0 Å². The molecule has 0 saturated heterocycles. The predicted octanol–water partition coefficient (Wildman–Crippen LogP) is 2.30. The average molecular weight is 313 g/mol. The normalized spacial score (nSPS) is 11.5. The second-order valence-corrected chi connectivity index (χ2v) is 5.70. The Bertz CT molecular complexity index is 596. The Balaban J connectivity index is 1.82. The molecule has 23 heavy (non-hydrogen) atoms. The van der Waals surface area contributed by atoms with Crippen LogP contribution in [-0.4, -0.2) is 35.4 Å². The molecule has 0 amide bonds. The lowest BCUT2D eigenvalue weighted by molar-refractivity contribution is 0.598. The van der Waals surface area contributed by atoms with E-state index < -0.39 is 0 Å². The minimum atomic E-state index is 0.778. The van der Waals surface area contributed by atoms with Crippen LogP contribution in [0.25, 0.3) is 0 Å². The van der Waals surface area contributed by atoms with Crippen molar-refractivity contribution in [3.05, 3.63) is 53.3 Å². The quantitative estimate of drug-likeness (QED) is 0.609. The molecule has 0 atom stereocenters. The van der Waals surface area contributed by atoms with Crippen LogP contribution in [-0.2, 0) is 13.0 Å². The van der Waals surface area contributed by atoms with Gasteiger partial charge in [-0.1, -0.05) is 29.3 Å². The number of aromatic nitrogens is 2. The molecule has 0 bridgehead atoms. The van der Waals surface area contributed by atoms with Gasteiger partial charge < -0.3 is 10.6 Å². The van der Waals surface area contributed by atoms with Crippen molar-refractivity contribution in [2.24, 2.45) is 4.99 Å². The standard InChI is InChI=1S/C18H27N5/c1-4-19-18(21-9-11-23-10-5-7-22-23)20-8-6-17-13-15(2)12-16(3)14-17/h5,7,10,12-14H,4,6,8-9,11H2,1-3H3,(H2,19,20,21). The van der Waals surface area contributed by atoms with Gasteiger partial charge in [0.15, 0.2) is 5.96 Å². The first kappa shape index (κ1) is 17.1. The van der Waals surface area contributed by atoms with Gasteiger partial charge in [-0.15, -0.1) is 0 Å². The summed E-state index contributed by atoms with van der Waals surface area (Å²) < 4.78 is 1.91. The van der Waals surface area contributed by atoms with Crippen molar-refractivity contribution < 1.29 is 0 Å². The Morgan fingerprint density at radius 3 is 2.61 bits per heavy atom. The summed E-state index contributed by atoms with van der Waals surface area (Å²) in [6.45, 7) is 9.62. The summed E-state index contributed by atoms with van der Waals surface area (Å²) >= 11 is 0. The minimum Gasteiger partial charge on any atom is -0.357 e. The van der Waals surface area contributed by atoms with E-state index in [0.29, 0.717) is 0 Å². The number of guanidine groups is 1. The highest BCUT2D eigenvalue weighted by molar-refractivity contribution is 5.79. The SMILES string of the molecule is CCNC(=NCCc1cc(C)cc(C)c1)NCCn1cccn1. The van der Waals surface area contributed by atoms with Crippen LogP contribution in [0.1, 0.15) is 23.6 Å². The zero-order valence-corrected chi connectivity index (χ0v) is 14.3. The average Bonchev–Trinajstić information content (AvgIpc) is 2.99. The van der Waals surface area contributed by atoms with Gasteiger partial charge in [0.2, 0.25) is 0 Å². The van der Waals surface area contributed by atoms with E-state index in [1.54, 1.807) is 6.20 Å². The number of nitrogens with one attached hydrogen (secondary N) is 2. The molecular formula is C18H27N5. The summed E-state index contributed by atoms with van der Waals surface area (Å²) in [5.74, 6) is 0.865. The number of aliphatic imine (C=N–C) groups is 1. The molecule has 1 aromatic heterocycles. The largest absolute Gasteiger partial charge is 0.357 e. The van der Waals surface area contributed by atoms with Crippen molar-refractivity contribution in [2.75, 3.05) is 19.6 Å². The second-order valence-electron chi connectivity index (χ2n) is 5.70. The van der Waals surface area contributed by atoms with Gasteiger partial charge in [0.25, 0.3) is 0 Å². The van der Waals surface area contributed by atoms with Gasteiger partial charge in [-0.05, 0) is 38.8 Å². The topological polar surface area (TPSA) is 54.2 Å². The molecule has 0 fully saturated rings. The van der Waals surface area contributed by atoms with Crippen LogP contribution in [0.15, 0.2) is 41.7 Å². The van der Waals surface area contributed by atoms with Crippen molar-refractivity contribution in [2.45, 2.75) is 33.7 Å². The first-order valence-electron chi connectivity index (χ1n) is 8.24. The Kier molecular flexibility index (Phi) is 6.66. The van der Waals surface area contributed by atoms with E-state index in [9.17, 15) is 0 Å². The lowest BCUT2D eigenvalue weighted by atomic mass is 10.1. The van der Waals surface area contributed by atoms with Crippen molar-refractivity contribution in [3.8, 4) is 0 Å². The van der Waals surface area contributed by atoms with Crippen molar-refractivity contribution >= 4 is 5.96 Å². The van der Waals surface area contributed by atoms with E-state index in [1.165, 1.54) is 16.7 Å². The molecule has 1 heterocycles. The van der Waals surface area contributed by atoms with Gasteiger partial charge in [-0.2, -0.15) is 5.10 Å². The predicted molar refractivity (Wildman–Crippen MR) is 95.8 cm³/mol. The van der Waals surface area contributed by atoms with E-state index in [-0.39, 0.29) is 0 Å². The van der Waals surface area contributed by atoms with E-state index in [4.69, 9.17) is 0 Å². The fourth-order valence-corrected chi connectivity index (χ4v) is 2.57. The molecule has 124 valence electrons. The van der Waals surface area contributed by atoms with E-state index in [2.05, 4.69) is 59.7 Å². The lowest BCUT2D eigenvalue weighted by Crippen LogP contribution is -2.39. The maximum absolute atomic E-state index is 4.65. The molecule has 0 aliphatic carbocycles. The summed E-state index contributed by atoms with van der Waals surface area (Å²) in [4.78, 5) is 4.65. The van der Waals surface area contributed by atoms with Gasteiger partial charge >= 0.3 is 0 Å². The molecule has 0 saturated carbocycles. The van der Waals surface area contributed by atoms with Gasteiger partial charge in [-0.3, -0.25) is 9.67 Å². The molecular weight excluding hydrogens is 286 g/mol. The fourth-order valence-electron chi connectivity index (χ4n) is 2.57. The number of aryl methyl sites for hydroxylation is 2. The van der Waals surface area contributed by atoms with Gasteiger partial charge in [0.05, 0.1) is 6.54 Å². The number of hydrogen-bond donors (Lipinski definition) is 2. The summed E-state index contributed by atoms with van der Waals surface area (Å²) in [6.07, 6.45) is 4.72. The van der Waals surface area contributed by atoms with Gasteiger partial charge in [0, 0.05) is 32.0 Å². The summed E-state index contributed by atoms with van der Waals surface area (Å²) in [7, 11) is 0. The Morgan fingerprint density at radius 2 is 1.96 bits per heavy atom. The molecule has 0 spiro atoms. The third-order valence-electron chi connectivity index (χ3n) is 3.49. The number of hydrogen-bond acceptors (Lipinski definition) is 2. The Labute approximate surface area is 138 Å². The molecule has 1 aromatic carbocycles. The Hall–Kier alpha value is -2.30. The van der Waals surface area contributed by atoms with Crippen LogP contribution in [0.3, 0.4) is 0 Å². The Morgan fingerprint density at radius 1 is 1.17 bits per heavy atom. The van der Waals surface area contributed by atoms with Crippen molar-refractivity contribution in [1.82, 2.24) is 20.4 Å². The first-order valence-corrected chi connectivity index (χ1v) is 8.24. The third-order valence-corrected chi connectivity index (χ3v) is 3.49. The highest BCUT2D eigenvalue weighted by Gasteiger charge is 1.99. The second kappa shape index (κ2) is 8.98.